The third-order valence-corrected chi connectivity index (χ3v) is 7.26. The van der Waals surface area contributed by atoms with Crippen molar-refractivity contribution in [3.63, 3.8) is 0 Å². The number of hydrogen-bond acceptors (Lipinski definition) is 6. The summed E-state index contributed by atoms with van der Waals surface area (Å²) in [7, 11) is 0. The number of aliphatic hydroxyl groups is 1. The molecular formula is C24H26FN7O2. The number of carbonyl (C=O) groups is 1. The molecule has 6 rings (SSSR count). The van der Waals surface area contributed by atoms with Crippen LogP contribution in [0.25, 0.3) is 16.8 Å². The lowest BCUT2D eigenvalue weighted by molar-refractivity contribution is -0.123. The van der Waals surface area contributed by atoms with Crippen molar-refractivity contribution in [2.45, 2.75) is 44.4 Å². The Hall–Kier alpha value is -3.53. The van der Waals surface area contributed by atoms with E-state index >= 15 is 4.39 Å². The summed E-state index contributed by atoms with van der Waals surface area (Å²) in [5.74, 6) is -0.571. The molecule has 3 aromatic heterocycles. The molecule has 1 saturated heterocycles. The number of aliphatic hydroxyl groups excluding tert-OH is 1. The number of nitrogens with one attached hydrogen (secondary N) is 1. The Morgan fingerprint density at radius 3 is 2.97 bits per heavy atom. The zero-order valence-corrected chi connectivity index (χ0v) is 18.9. The van der Waals surface area contributed by atoms with Crippen LogP contribution >= 0.6 is 0 Å². The van der Waals surface area contributed by atoms with Crippen molar-refractivity contribution in [2.24, 2.45) is 5.41 Å². The summed E-state index contributed by atoms with van der Waals surface area (Å²) in [6, 6.07) is 3.82. The minimum atomic E-state index is -0.810. The molecule has 3 unspecified atom stereocenters. The molecular weight excluding hydrogens is 437 g/mol. The zero-order chi connectivity index (χ0) is 23.5. The van der Waals surface area contributed by atoms with Gasteiger partial charge in [-0.1, -0.05) is 6.08 Å². The van der Waals surface area contributed by atoms with E-state index in [1.807, 2.05) is 36.2 Å². The molecule has 0 aromatic carbocycles. The van der Waals surface area contributed by atoms with Gasteiger partial charge in [0.2, 0.25) is 5.91 Å². The van der Waals surface area contributed by atoms with Gasteiger partial charge in [-0.3, -0.25) is 9.48 Å². The van der Waals surface area contributed by atoms with Crippen LogP contribution < -0.4 is 5.32 Å². The highest BCUT2D eigenvalue weighted by molar-refractivity contribution is 5.77. The van der Waals surface area contributed by atoms with Crippen molar-refractivity contribution in [1.82, 2.24) is 34.6 Å². The fourth-order valence-corrected chi connectivity index (χ4v) is 5.15. The van der Waals surface area contributed by atoms with Crippen molar-refractivity contribution in [3.8, 4) is 11.1 Å². The predicted molar refractivity (Wildman–Crippen MR) is 122 cm³/mol. The molecule has 1 aliphatic heterocycles. The first kappa shape index (κ1) is 21.0. The molecule has 1 spiro atoms. The van der Waals surface area contributed by atoms with E-state index in [2.05, 4.69) is 20.5 Å². The standard InChI is InChI=1S/C24H26FN7O2/c1-23(4-2-19(18(25)9-23)30-7-5-24(14-30)10-20(24)33)29-22(34)13-31-12-17(11-27-31)16-3-6-32-21(8-16)26-15-28-32/h2-3,6,8-9,11-12,15,20,33H,4-5,7,10,13-14H2,1H3,(H,29,34). The number of likely N-dealkylation sites (tertiary alicyclic amines) is 1. The molecule has 10 heteroatoms. The molecule has 0 radical (unpaired) electrons. The largest absolute Gasteiger partial charge is 0.392 e. The third kappa shape index (κ3) is 3.67. The lowest BCUT2D eigenvalue weighted by Gasteiger charge is -2.32. The van der Waals surface area contributed by atoms with Crippen LogP contribution in [0.1, 0.15) is 26.2 Å². The van der Waals surface area contributed by atoms with Gasteiger partial charge < -0.3 is 15.3 Å². The van der Waals surface area contributed by atoms with E-state index in [1.165, 1.54) is 12.4 Å². The van der Waals surface area contributed by atoms with E-state index in [0.717, 1.165) is 36.2 Å². The topological polar surface area (TPSA) is 101 Å². The third-order valence-electron chi connectivity index (χ3n) is 7.26. The van der Waals surface area contributed by atoms with Gasteiger partial charge in [-0.25, -0.2) is 13.9 Å². The van der Waals surface area contributed by atoms with Gasteiger partial charge in [0.1, 0.15) is 18.7 Å². The smallest absolute Gasteiger partial charge is 0.242 e. The minimum Gasteiger partial charge on any atom is -0.392 e. The van der Waals surface area contributed by atoms with Crippen molar-refractivity contribution < 1.29 is 14.3 Å². The maximum atomic E-state index is 15.0. The molecule has 2 fully saturated rings. The van der Waals surface area contributed by atoms with E-state index in [1.54, 1.807) is 21.6 Å². The molecule has 3 aromatic rings. The monoisotopic (exact) mass is 463 g/mol. The molecule has 9 nitrogen and oxygen atoms in total. The number of allylic oxidation sites excluding steroid dienone is 1. The van der Waals surface area contributed by atoms with Gasteiger partial charge in [0.25, 0.3) is 0 Å². The molecule has 4 heterocycles. The number of fused-ring (bicyclic) bond motifs is 1. The molecule has 1 amide bonds. The van der Waals surface area contributed by atoms with E-state index in [9.17, 15) is 9.90 Å². The Kier molecular flexibility index (Phi) is 4.63. The van der Waals surface area contributed by atoms with E-state index in [4.69, 9.17) is 0 Å². The molecule has 2 aliphatic carbocycles. The summed E-state index contributed by atoms with van der Waals surface area (Å²) in [6.45, 7) is 3.28. The van der Waals surface area contributed by atoms with Crippen LogP contribution in [0, 0.1) is 5.41 Å². The minimum absolute atomic E-state index is 0.0291. The number of pyridine rings is 1. The van der Waals surface area contributed by atoms with Crippen molar-refractivity contribution in [3.05, 3.63) is 60.7 Å². The van der Waals surface area contributed by atoms with E-state index in [-0.39, 0.29) is 29.8 Å². The lowest BCUT2D eigenvalue weighted by atomic mass is 9.91. The van der Waals surface area contributed by atoms with E-state index in [0.29, 0.717) is 18.7 Å². The summed E-state index contributed by atoms with van der Waals surface area (Å²) < 4.78 is 18.3. The first-order chi connectivity index (χ1) is 16.3. The summed E-state index contributed by atoms with van der Waals surface area (Å²) >= 11 is 0. The van der Waals surface area contributed by atoms with E-state index < -0.39 is 5.54 Å². The second-order valence-corrected chi connectivity index (χ2v) is 9.91. The lowest BCUT2D eigenvalue weighted by Crippen LogP contribution is -2.47. The first-order valence-electron chi connectivity index (χ1n) is 11.5. The molecule has 1 saturated carbocycles. The second kappa shape index (κ2) is 7.49. The van der Waals surface area contributed by atoms with Gasteiger partial charge in [-0.05, 0) is 50.0 Å². The normalized spacial score (nSPS) is 28.3. The number of aromatic nitrogens is 5. The average Bonchev–Trinajstić information content (AvgIpc) is 3.27. The van der Waals surface area contributed by atoms with Crippen molar-refractivity contribution in [2.75, 3.05) is 13.1 Å². The Balaban J connectivity index is 1.09. The van der Waals surface area contributed by atoms with Gasteiger partial charge in [-0.15, -0.1) is 0 Å². The molecule has 176 valence electrons. The molecule has 2 N–H and O–H groups in total. The SMILES string of the molecule is CC1(NC(=O)Cn2cc(-c3ccn4ncnc4c3)cn2)C=C(F)C(N2CCC3(CC3O)C2)=CC1. The van der Waals surface area contributed by atoms with Gasteiger partial charge >= 0.3 is 0 Å². The number of halogens is 1. The number of rotatable bonds is 5. The molecule has 34 heavy (non-hydrogen) atoms. The first-order valence-corrected chi connectivity index (χ1v) is 11.5. The predicted octanol–water partition coefficient (Wildman–Crippen LogP) is 2.07. The summed E-state index contributed by atoms with van der Waals surface area (Å²) in [5, 5.41) is 21.2. The zero-order valence-electron chi connectivity index (χ0n) is 18.9. The fraction of sp³-hybridized carbons (Fsp3) is 0.417. The highest BCUT2D eigenvalue weighted by atomic mass is 19.1. The average molecular weight is 464 g/mol. The number of hydrogen-bond donors (Lipinski definition) is 2. The van der Waals surface area contributed by atoms with Gasteiger partial charge in [-0.2, -0.15) is 10.2 Å². The quantitative estimate of drug-likeness (QED) is 0.601. The maximum Gasteiger partial charge on any atom is 0.242 e. The Bertz CT molecular complexity index is 1340. The number of nitrogens with zero attached hydrogens (tertiary/aromatic N) is 6. The highest BCUT2D eigenvalue weighted by Crippen LogP contribution is 2.54. The molecule has 3 aliphatic rings. The summed E-state index contributed by atoms with van der Waals surface area (Å²) in [5.41, 5.74) is 2.24. The van der Waals surface area contributed by atoms with Gasteiger partial charge in [0.05, 0.1) is 23.5 Å². The summed E-state index contributed by atoms with van der Waals surface area (Å²) in [6.07, 6.45) is 12.1. The van der Waals surface area contributed by atoms with Crippen molar-refractivity contribution in [1.29, 1.82) is 0 Å². The van der Waals surface area contributed by atoms with Crippen LogP contribution in [0.2, 0.25) is 0 Å². The number of carbonyl (C=O) groups excluding carboxylic acids is 1. The highest BCUT2D eigenvalue weighted by Gasteiger charge is 2.57. The van der Waals surface area contributed by atoms with Gasteiger partial charge in [0.15, 0.2) is 5.65 Å². The van der Waals surface area contributed by atoms with Crippen LogP contribution in [0.15, 0.2) is 60.7 Å². The summed E-state index contributed by atoms with van der Waals surface area (Å²) in [4.78, 5) is 18.9. The number of amides is 1. The second-order valence-electron chi connectivity index (χ2n) is 9.91. The Morgan fingerprint density at radius 2 is 2.21 bits per heavy atom. The molecule has 0 bridgehead atoms. The Labute approximate surface area is 195 Å². The van der Waals surface area contributed by atoms with Gasteiger partial charge in [0, 0.05) is 36.5 Å². The van der Waals surface area contributed by atoms with Crippen LogP contribution in [0.3, 0.4) is 0 Å². The fourth-order valence-electron chi connectivity index (χ4n) is 5.15. The van der Waals surface area contributed by atoms with Crippen molar-refractivity contribution >= 4 is 11.6 Å². The van der Waals surface area contributed by atoms with Crippen LogP contribution in [-0.2, 0) is 11.3 Å². The van der Waals surface area contributed by atoms with Crippen LogP contribution in [0.5, 0.6) is 0 Å². The molecule has 3 atom stereocenters. The Morgan fingerprint density at radius 1 is 1.35 bits per heavy atom. The maximum absolute atomic E-state index is 15.0. The van der Waals surface area contributed by atoms with Crippen LogP contribution in [-0.4, -0.2) is 65.0 Å². The van der Waals surface area contributed by atoms with Crippen LogP contribution in [0.4, 0.5) is 4.39 Å².